The summed E-state index contributed by atoms with van der Waals surface area (Å²) in [5.41, 5.74) is 1.39. The molecule has 1 aromatic rings. The normalized spacial score (nSPS) is 28.1. The number of aromatic nitrogens is 1. The molecule has 1 fully saturated rings. The number of thioether (sulfide) groups is 1. The smallest absolute Gasteiger partial charge is 0.0460 e. The van der Waals surface area contributed by atoms with Gasteiger partial charge in [-0.15, -0.1) is 0 Å². The van der Waals surface area contributed by atoms with Crippen molar-refractivity contribution in [2.75, 3.05) is 12.8 Å². The van der Waals surface area contributed by atoms with Crippen LogP contribution in [0.2, 0.25) is 0 Å². The third-order valence-corrected chi connectivity index (χ3v) is 3.74. The van der Waals surface area contributed by atoms with E-state index in [1.807, 2.05) is 31.2 Å². The zero-order valence-electron chi connectivity index (χ0n) is 7.03. The van der Waals surface area contributed by atoms with E-state index in [1.54, 1.807) is 0 Å². The highest BCUT2D eigenvalue weighted by molar-refractivity contribution is 8.01. The lowest BCUT2D eigenvalue weighted by atomic mass is 10.1. The van der Waals surface area contributed by atoms with Crippen molar-refractivity contribution >= 4 is 11.8 Å². The molecule has 1 aliphatic heterocycles. The van der Waals surface area contributed by atoms with Crippen molar-refractivity contribution in [3.8, 4) is 0 Å². The van der Waals surface area contributed by atoms with Gasteiger partial charge in [0.2, 0.25) is 0 Å². The van der Waals surface area contributed by atoms with Crippen LogP contribution in [-0.2, 0) is 0 Å². The molecule has 0 aromatic carbocycles. The Labute approximate surface area is 76.8 Å². The molecule has 64 valence electrons. The van der Waals surface area contributed by atoms with E-state index in [0.717, 1.165) is 0 Å². The maximum atomic E-state index is 4.01. The van der Waals surface area contributed by atoms with Gasteiger partial charge in [0.15, 0.2) is 0 Å². The van der Waals surface area contributed by atoms with Gasteiger partial charge in [-0.2, -0.15) is 11.8 Å². The zero-order valence-corrected chi connectivity index (χ0v) is 7.84. The van der Waals surface area contributed by atoms with Crippen molar-refractivity contribution in [2.24, 2.45) is 0 Å². The maximum Gasteiger partial charge on any atom is 0.0460 e. The molecule has 0 radical (unpaired) electrons. The summed E-state index contributed by atoms with van der Waals surface area (Å²) in [5, 5.41) is 3.95. The quantitative estimate of drug-likeness (QED) is 0.746. The Hall–Kier alpha value is -0.540. The van der Waals surface area contributed by atoms with Crippen molar-refractivity contribution in [1.82, 2.24) is 10.3 Å². The van der Waals surface area contributed by atoms with Gasteiger partial charge in [-0.25, -0.2) is 0 Å². The number of likely N-dealkylation sites (N-methyl/N-ethyl adjacent to an activating group) is 1. The largest absolute Gasteiger partial charge is 0.315 e. The molecule has 2 nitrogen and oxygen atoms in total. The van der Waals surface area contributed by atoms with E-state index >= 15 is 0 Å². The minimum Gasteiger partial charge on any atom is -0.315 e. The lowest BCUT2D eigenvalue weighted by molar-refractivity contribution is 0.572. The molecule has 1 N–H and O–H groups in total. The third kappa shape index (κ3) is 1.34. The van der Waals surface area contributed by atoms with Gasteiger partial charge >= 0.3 is 0 Å². The number of nitrogens with zero attached hydrogens (tertiary/aromatic N) is 1. The number of nitrogens with one attached hydrogen (secondary N) is 1. The summed E-state index contributed by atoms with van der Waals surface area (Å²) in [7, 11) is 2.03. The topological polar surface area (TPSA) is 24.9 Å². The summed E-state index contributed by atoms with van der Waals surface area (Å²) in [4.78, 5) is 4.01. The first-order valence-electron chi connectivity index (χ1n) is 4.10. The highest BCUT2D eigenvalue weighted by Gasteiger charge is 2.31. The molecular weight excluding hydrogens is 168 g/mol. The average molecular weight is 180 g/mol. The fourth-order valence-electron chi connectivity index (χ4n) is 1.41. The predicted molar refractivity (Wildman–Crippen MR) is 52.3 cm³/mol. The monoisotopic (exact) mass is 180 g/mol. The lowest BCUT2D eigenvalue weighted by Crippen LogP contribution is -2.40. The Morgan fingerprint density at radius 2 is 2.25 bits per heavy atom. The first kappa shape index (κ1) is 8.08. The fourth-order valence-corrected chi connectivity index (χ4v) is 2.63. The summed E-state index contributed by atoms with van der Waals surface area (Å²) in [5.74, 6) is 1.23. The molecule has 0 saturated carbocycles. The Bertz CT molecular complexity index is 248. The molecule has 1 aromatic heterocycles. The molecule has 0 aliphatic carbocycles. The lowest BCUT2D eigenvalue weighted by Gasteiger charge is -2.35. The average Bonchev–Trinajstić information content (AvgIpc) is 2.05. The van der Waals surface area contributed by atoms with Crippen LogP contribution >= 0.6 is 11.8 Å². The van der Waals surface area contributed by atoms with E-state index in [9.17, 15) is 0 Å². The molecule has 2 rings (SSSR count). The maximum absolute atomic E-state index is 4.01. The number of hydrogen-bond acceptors (Lipinski definition) is 3. The van der Waals surface area contributed by atoms with Gasteiger partial charge in [-0.05, 0) is 24.7 Å². The van der Waals surface area contributed by atoms with Crippen molar-refractivity contribution in [2.45, 2.75) is 11.3 Å². The second-order valence-electron chi connectivity index (χ2n) is 2.93. The minimum atomic E-state index is 0.637. The first-order valence-corrected chi connectivity index (χ1v) is 5.15. The molecule has 2 atom stereocenters. The van der Waals surface area contributed by atoms with Gasteiger partial charge in [0, 0.05) is 29.4 Å². The van der Waals surface area contributed by atoms with Gasteiger partial charge in [-0.1, -0.05) is 0 Å². The number of rotatable bonds is 2. The minimum absolute atomic E-state index is 0.637. The van der Waals surface area contributed by atoms with Crippen molar-refractivity contribution in [3.63, 3.8) is 0 Å². The highest BCUT2D eigenvalue weighted by Crippen LogP contribution is 2.41. The summed E-state index contributed by atoms with van der Waals surface area (Å²) >= 11 is 2.00. The van der Waals surface area contributed by atoms with Crippen LogP contribution < -0.4 is 5.32 Å². The highest BCUT2D eigenvalue weighted by atomic mass is 32.2. The van der Waals surface area contributed by atoms with Crippen LogP contribution in [0.3, 0.4) is 0 Å². The third-order valence-electron chi connectivity index (χ3n) is 2.23. The second kappa shape index (κ2) is 3.46. The molecule has 1 aliphatic rings. The van der Waals surface area contributed by atoms with Crippen molar-refractivity contribution < 1.29 is 0 Å². The molecule has 0 amide bonds. The van der Waals surface area contributed by atoms with Gasteiger partial charge in [-0.3, -0.25) is 4.98 Å². The van der Waals surface area contributed by atoms with E-state index in [0.29, 0.717) is 11.3 Å². The molecule has 3 heteroatoms. The van der Waals surface area contributed by atoms with Crippen LogP contribution in [-0.4, -0.2) is 23.8 Å². The molecule has 2 heterocycles. The van der Waals surface area contributed by atoms with Crippen molar-refractivity contribution in [1.29, 1.82) is 0 Å². The van der Waals surface area contributed by atoms with Crippen molar-refractivity contribution in [3.05, 3.63) is 30.1 Å². The number of pyridine rings is 1. The fraction of sp³-hybridized carbons (Fsp3) is 0.444. The molecule has 0 spiro atoms. The van der Waals surface area contributed by atoms with E-state index < -0.39 is 0 Å². The van der Waals surface area contributed by atoms with Gasteiger partial charge in [0.25, 0.3) is 0 Å². The SMILES string of the molecule is CNC1CSC1c1ccncc1. The Morgan fingerprint density at radius 3 is 2.75 bits per heavy atom. The Balaban J connectivity index is 2.11. The van der Waals surface area contributed by atoms with E-state index in [4.69, 9.17) is 0 Å². The molecule has 0 bridgehead atoms. The van der Waals surface area contributed by atoms with Crippen LogP contribution in [0.25, 0.3) is 0 Å². The predicted octanol–water partition coefficient (Wildman–Crippen LogP) is 1.46. The molecular formula is C9H12N2S. The van der Waals surface area contributed by atoms with Crippen LogP contribution in [0.15, 0.2) is 24.5 Å². The molecule has 1 saturated heterocycles. The summed E-state index contributed by atoms with van der Waals surface area (Å²) in [6.07, 6.45) is 3.72. The van der Waals surface area contributed by atoms with Gasteiger partial charge < -0.3 is 5.32 Å². The van der Waals surface area contributed by atoms with Crippen LogP contribution in [0.1, 0.15) is 10.8 Å². The summed E-state index contributed by atoms with van der Waals surface area (Å²) < 4.78 is 0. The second-order valence-corrected chi connectivity index (χ2v) is 4.10. The van der Waals surface area contributed by atoms with Crippen LogP contribution in [0.5, 0.6) is 0 Å². The van der Waals surface area contributed by atoms with Crippen LogP contribution in [0, 0.1) is 0 Å². The molecule has 12 heavy (non-hydrogen) atoms. The zero-order chi connectivity index (χ0) is 8.39. The summed E-state index contributed by atoms with van der Waals surface area (Å²) in [6, 6.07) is 4.85. The van der Waals surface area contributed by atoms with Crippen LogP contribution in [0.4, 0.5) is 0 Å². The first-order chi connectivity index (χ1) is 5.92. The van der Waals surface area contributed by atoms with E-state index in [1.165, 1.54) is 11.3 Å². The van der Waals surface area contributed by atoms with E-state index in [-0.39, 0.29) is 0 Å². The van der Waals surface area contributed by atoms with Gasteiger partial charge in [0.05, 0.1) is 0 Å². The molecule has 2 unspecified atom stereocenters. The number of hydrogen-bond donors (Lipinski definition) is 1. The summed E-state index contributed by atoms with van der Waals surface area (Å²) in [6.45, 7) is 0. The Kier molecular flexibility index (Phi) is 2.33. The van der Waals surface area contributed by atoms with Gasteiger partial charge in [0.1, 0.15) is 0 Å². The standard InChI is InChI=1S/C9H12N2S/c1-10-8-6-12-9(8)7-2-4-11-5-3-7/h2-5,8-10H,6H2,1H3. The van der Waals surface area contributed by atoms with E-state index in [2.05, 4.69) is 22.4 Å². The Morgan fingerprint density at radius 1 is 1.50 bits per heavy atom.